The Bertz CT molecular complexity index is 305. The molecule has 0 aliphatic heterocycles. The molecule has 0 aliphatic carbocycles. The first-order valence-electron chi connectivity index (χ1n) is 4.55. The predicted molar refractivity (Wildman–Crippen MR) is 53.8 cm³/mol. The van der Waals surface area contributed by atoms with E-state index in [-0.39, 0.29) is 5.75 Å². The predicted octanol–water partition coefficient (Wildman–Crippen LogP) is 0.717. The lowest BCUT2D eigenvalue weighted by Crippen LogP contribution is -2.41. The highest BCUT2D eigenvalue weighted by molar-refractivity contribution is 7.91. The maximum absolute atomic E-state index is 11.7. The topological polar surface area (TPSA) is 69.4 Å². The number of halogens is 3. The number of hydrogen-bond donors (Lipinski definition) is 1. The van der Waals surface area contributed by atoms with E-state index >= 15 is 0 Å². The Hall–Kier alpha value is -0.340. The summed E-state index contributed by atoms with van der Waals surface area (Å²) in [5.41, 5.74) is 4.60. The van der Waals surface area contributed by atoms with Gasteiger partial charge in [-0.25, -0.2) is 8.42 Å². The Kier molecular flexibility index (Phi) is 5.21. The largest absolute Gasteiger partial charge is 0.411 e. The van der Waals surface area contributed by atoms with Gasteiger partial charge in [0.1, 0.15) is 6.61 Å². The Labute approximate surface area is 92.9 Å². The Morgan fingerprint density at radius 3 is 2.12 bits per heavy atom. The van der Waals surface area contributed by atoms with Gasteiger partial charge in [0.25, 0.3) is 0 Å². The third-order valence-electron chi connectivity index (χ3n) is 1.40. The van der Waals surface area contributed by atoms with Crippen LogP contribution in [0.15, 0.2) is 0 Å². The van der Waals surface area contributed by atoms with Crippen LogP contribution < -0.4 is 5.73 Å². The summed E-state index contributed by atoms with van der Waals surface area (Å²) in [5, 5.41) is 0. The van der Waals surface area contributed by atoms with Crippen molar-refractivity contribution in [1.29, 1.82) is 0 Å². The Morgan fingerprint density at radius 2 is 1.75 bits per heavy atom. The van der Waals surface area contributed by atoms with Crippen molar-refractivity contribution in [3.63, 3.8) is 0 Å². The second kappa shape index (κ2) is 5.33. The lowest BCUT2D eigenvalue weighted by atomic mass is 10.1. The Morgan fingerprint density at radius 1 is 1.25 bits per heavy atom. The quantitative estimate of drug-likeness (QED) is 0.717. The molecule has 0 rings (SSSR count). The number of nitrogens with two attached hydrogens (primary N) is 1. The van der Waals surface area contributed by atoms with Gasteiger partial charge in [0.2, 0.25) is 0 Å². The minimum Gasteiger partial charge on any atom is -0.371 e. The molecule has 0 atom stereocenters. The summed E-state index contributed by atoms with van der Waals surface area (Å²) in [6.07, 6.45) is -4.43. The zero-order chi connectivity index (χ0) is 13.0. The van der Waals surface area contributed by atoms with Crippen molar-refractivity contribution < 1.29 is 26.3 Å². The highest BCUT2D eigenvalue weighted by atomic mass is 32.2. The zero-order valence-electron chi connectivity index (χ0n) is 9.17. The zero-order valence-corrected chi connectivity index (χ0v) is 9.99. The normalized spacial score (nSPS) is 14.1. The molecule has 0 saturated heterocycles. The molecule has 0 aromatic heterocycles. The van der Waals surface area contributed by atoms with Crippen LogP contribution in [0.2, 0.25) is 0 Å². The summed E-state index contributed by atoms with van der Waals surface area (Å²) in [5.74, 6) is -0.737. The fourth-order valence-electron chi connectivity index (χ4n) is 1.01. The molecule has 0 heterocycles. The van der Waals surface area contributed by atoms with E-state index in [2.05, 4.69) is 4.74 Å². The van der Waals surface area contributed by atoms with Crippen LogP contribution in [-0.4, -0.2) is 44.9 Å². The molecule has 0 saturated carbocycles. The Balaban J connectivity index is 3.94. The van der Waals surface area contributed by atoms with Crippen molar-refractivity contribution in [2.75, 3.05) is 24.7 Å². The molecule has 0 aromatic carbocycles. The maximum Gasteiger partial charge on any atom is 0.411 e. The third kappa shape index (κ3) is 10.2. The van der Waals surface area contributed by atoms with Crippen LogP contribution in [0.3, 0.4) is 0 Å². The van der Waals surface area contributed by atoms with Crippen molar-refractivity contribution in [2.45, 2.75) is 25.6 Å². The molecule has 8 heteroatoms. The molecule has 0 radical (unpaired) electrons. The summed E-state index contributed by atoms with van der Waals surface area (Å²) in [6.45, 7) is 1.15. The van der Waals surface area contributed by atoms with Gasteiger partial charge in [-0.05, 0) is 13.8 Å². The highest BCUT2D eigenvalue weighted by Gasteiger charge is 2.28. The lowest BCUT2D eigenvalue weighted by Gasteiger charge is -2.18. The van der Waals surface area contributed by atoms with Gasteiger partial charge in [0.15, 0.2) is 9.84 Å². The molecule has 0 aromatic rings. The fraction of sp³-hybridized carbons (Fsp3) is 1.00. The standard InChI is InChI=1S/C8H16F3NO3S/c1-7(2,12)6-16(13,14)4-3-15-5-8(9,10)11/h3-6,12H2,1-2H3. The van der Waals surface area contributed by atoms with Crippen LogP contribution in [0.5, 0.6) is 0 Å². The lowest BCUT2D eigenvalue weighted by molar-refractivity contribution is -0.172. The van der Waals surface area contributed by atoms with Crippen LogP contribution in [0.25, 0.3) is 0 Å². The summed E-state index contributed by atoms with van der Waals surface area (Å²) in [7, 11) is -3.47. The van der Waals surface area contributed by atoms with Gasteiger partial charge in [0.05, 0.1) is 18.1 Å². The van der Waals surface area contributed by atoms with E-state index in [9.17, 15) is 21.6 Å². The van der Waals surface area contributed by atoms with Crippen molar-refractivity contribution in [3.05, 3.63) is 0 Å². The first-order chi connectivity index (χ1) is 6.91. The molecular formula is C8H16F3NO3S. The average molecular weight is 263 g/mol. The van der Waals surface area contributed by atoms with E-state index in [1.807, 2.05) is 0 Å². The second-order valence-electron chi connectivity index (χ2n) is 4.25. The van der Waals surface area contributed by atoms with Gasteiger partial charge in [-0.1, -0.05) is 0 Å². The minimum absolute atomic E-state index is 0.282. The number of hydrogen-bond acceptors (Lipinski definition) is 4. The van der Waals surface area contributed by atoms with Crippen molar-refractivity contribution in [2.24, 2.45) is 5.73 Å². The van der Waals surface area contributed by atoms with Gasteiger partial charge >= 0.3 is 6.18 Å². The van der Waals surface area contributed by atoms with Crippen LogP contribution in [0, 0.1) is 0 Å². The summed E-state index contributed by atoms with van der Waals surface area (Å²) < 4.78 is 61.8. The second-order valence-corrected chi connectivity index (χ2v) is 6.43. The van der Waals surface area contributed by atoms with Crippen LogP contribution >= 0.6 is 0 Å². The van der Waals surface area contributed by atoms with Gasteiger partial charge in [-0.2, -0.15) is 13.2 Å². The molecule has 0 fully saturated rings. The molecule has 0 spiro atoms. The SMILES string of the molecule is CC(C)(N)CS(=O)(=O)CCOCC(F)(F)F. The molecule has 98 valence electrons. The van der Waals surface area contributed by atoms with E-state index in [1.165, 1.54) is 13.8 Å². The van der Waals surface area contributed by atoms with Gasteiger partial charge in [0, 0.05) is 5.54 Å². The summed E-state index contributed by atoms with van der Waals surface area (Å²) >= 11 is 0. The summed E-state index contributed by atoms with van der Waals surface area (Å²) in [6, 6.07) is 0. The minimum atomic E-state index is -4.43. The van der Waals surface area contributed by atoms with E-state index in [1.54, 1.807) is 0 Å². The van der Waals surface area contributed by atoms with Gasteiger partial charge < -0.3 is 10.5 Å². The molecule has 0 bridgehead atoms. The van der Waals surface area contributed by atoms with E-state index < -0.39 is 40.5 Å². The first-order valence-corrected chi connectivity index (χ1v) is 6.37. The molecule has 0 amide bonds. The van der Waals surface area contributed by atoms with E-state index in [4.69, 9.17) is 5.73 Å². The van der Waals surface area contributed by atoms with E-state index in [0.29, 0.717) is 0 Å². The third-order valence-corrected chi connectivity index (χ3v) is 3.37. The molecule has 0 aliphatic rings. The smallest absolute Gasteiger partial charge is 0.371 e. The first kappa shape index (κ1) is 15.7. The molecule has 4 nitrogen and oxygen atoms in total. The number of alkyl halides is 3. The van der Waals surface area contributed by atoms with E-state index in [0.717, 1.165) is 0 Å². The number of sulfone groups is 1. The van der Waals surface area contributed by atoms with Gasteiger partial charge in [-0.15, -0.1) is 0 Å². The number of rotatable bonds is 6. The maximum atomic E-state index is 11.7. The highest BCUT2D eigenvalue weighted by Crippen LogP contribution is 2.14. The average Bonchev–Trinajstić information content (AvgIpc) is 1.91. The number of ether oxygens (including phenoxy) is 1. The van der Waals surface area contributed by atoms with Gasteiger partial charge in [-0.3, -0.25) is 0 Å². The van der Waals surface area contributed by atoms with Crippen molar-refractivity contribution in [1.82, 2.24) is 0 Å². The van der Waals surface area contributed by atoms with Crippen LogP contribution in [0.1, 0.15) is 13.8 Å². The molecule has 16 heavy (non-hydrogen) atoms. The van der Waals surface area contributed by atoms with Crippen LogP contribution in [-0.2, 0) is 14.6 Å². The molecule has 0 unspecified atom stereocenters. The fourth-order valence-corrected chi connectivity index (χ4v) is 2.66. The molecular weight excluding hydrogens is 247 g/mol. The van der Waals surface area contributed by atoms with Crippen molar-refractivity contribution in [3.8, 4) is 0 Å². The van der Waals surface area contributed by atoms with Crippen molar-refractivity contribution >= 4 is 9.84 Å². The van der Waals surface area contributed by atoms with Crippen LogP contribution in [0.4, 0.5) is 13.2 Å². The monoisotopic (exact) mass is 263 g/mol. The molecule has 2 N–H and O–H groups in total. The summed E-state index contributed by atoms with van der Waals surface area (Å²) in [4.78, 5) is 0.